The lowest BCUT2D eigenvalue weighted by molar-refractivity contribution is 0.170. The van der Waals surface area contributed by atoms with Gasteiger partial charge in [-0.2, -0.15) is 0 Å². The van der Waals surface area contributed by atoms with Gasteiger partial charge >= 0.3 is 0 Å². The van der Waals surface area contributed by atoms with Crippen LogP contribution in [-0.2, 0) is 5.54 Å². The molecule has 0 amide bonds. The third-order valence-electron chi connectivity index (χ3n) is 3.83. The van der Waals surface area contributed by atoms with Gasteiger partial charge < -0.3 is 20.3 Å². The van der Waals surface area contributed by atoms with E-state index in [0.717, 1.165) is 25.7 Å². The molecule has 0 saturated heterocycles. The number of rotatable bonds is 1. The van der Waals surface area contributed by atoms with Crippen molar-refractivity contribution in [2.45, 2.75) is 37.6 Å². The van der Waals surface area contributed by atoms with Crippen LogP contribution >= 0.6 is 11.6 Å². The molecule has 0 unspecified atom stereocenters. The molecule has 3 N–H and O–H groups in total. The molecule has 5 heteroatoms. The van der Waals surface area contributed by atoms with Gasteiger partial charge in [-0.05, 0) is 12.8 Å². The van der Waals surface area contributed by atoms with Crippen LogP contribution in [0.1, 0.15) is 37.7 Å². The number of halogens is 1. The number of hydrogen-bond acceptors (Lipinski definition) is 4. The Bertz CT molecular complexity index is 484. The minimum atomic E-state index is -0.564. The number of hydrogen-bond donors (Lipinski definition) is 2. The van der Waals surface area contributed by atoms with Crippen molar-refractivity contribution in [3.63, 3.8) is 0 Å². The van der Waals surface area contributed by atoms with E-state index in [2.05, 4.69) is 0 Å². The Morgan fingerprint density at radius 3 is 2.67 bits per heavy atom. The van der Waals surface area contributed by atoms with E-state index in [4.69, 9.17) is 26.8 Å². The van der Waals surface area contributed by atoms with E-state index in [1.807, 2.05) is 0 Å². The molecule has 4 nitrogen and oxygen atoms in total. The molecule has 1 heterocycles. The minimum absolute atomic E-state index is 0.0327. The van der Waals surface area contributed by atoms with E-state index in [1.165, 1.54) is 6.42 Å². The summed E-state index contributed by atoms with van der Waals surface area (Å²) in [7, 11) is 0. The van der Waals surface area contributed by atoms with Crippen molar-refractivity contribution in [1.29, 1.82) is 0 Å². The van der Waals surface area contributed by atoms with Crippen LogP contribution in [0.25, 0.3) is 0 Å². The molecule has 1 aromatic carbocycles. The largest absolute Gasteiger partial charge is 0.506 e. The Kier molecular flexibility index (Phi) is 2.79. The first-order valence-corrected chi connectivity index (χ1v) is 6.60. The fourth-order valence-electron chi connectivity index (χ4n) is 2.90. The third-order valence-corrected chi connectivity index (χ3v) is 4.12. The first-order chi connectivity index (χ1) is 8.62. The van der Waals surface area contributed by atoms with Crippen molar-refractivity contribution in [1.82, 2.24) is 0 Å². The van der Waals surface area contributed by atoms with Gasteiger partial charge in [0.25, 0.3) is 0 Å². The smallest absolute Gasteiger partial charge is 0.231 e. The van der Waals surface area contributed by atoms with Gasteiger partial charge in [0.1, 0.15) is 5.75 Å². The van der Waals surface area contributed by atoms with E-state index < -0.39 is 5.54 Å². The summed E-state index contributed by atoms with van der Waals surface area (Å²) < 4.78 is 10.8. The second-order valence-electron chi connectivity index (χ2n) is 5.03. The van der Waals surface area contributed by atoms with Crippen LogP contribution in [0, 0.1) is 0 Å². The quantitative estimate of drug-likeness (QED) is 0.823. The first-order valence-electron chi connectivity index (χ1n) is 6.22. The highest BCUT2D eigenvalue weighted by Gasteiger charge is 2.38. The van der Waals surface area contributed by atoms with Gasteiger partial charge in [-0.1, -0.05) is 30.9 Å². The average Bonchev–Trinajstić information content (AvgIpc) is 2.78. The van der Waals surface area contributed by atoms with E-state index in [9.17, 15) is 5.11 Å². The molecule has 0 atom stereocenters. The molecule has 0 spiro atoms. The lowest BCUT2D eigenvalue weighted by atomic mass is 9.76. The Hall–Kier alpha value is -1.13. The fourth-order valence-corrected chi connectivity index (χ4v) is 3.09. The highest BCUT2D eigenvalue weighted by Crippen LogP contribution is 2.51. The summed E-state index contributed by atoms with van der Waals surface area (Å²) >= 11 is 6.04. The van der Waals surface area contributed by atoms with Gasteiger partial charge in [-0.25, -0.2) is 0 Å². The van der Waals surface area contributed by atoms with Crippen LogP contribution in [0.2, 0.25) is 5.02 Å². The lowest BCUT2D eigenvalue weighted by Gasteiger charge is -2.35. The normalized spacial score (nSPS) is 21.0. The molecular formula is C13H16ClNO3. The van der Waals surface area contributed by atoms with Crippen LogP contribution in [0.5, 0.6) is 17.2 Å². The van der Waals surface area contributed by atoms with Gasteiger partial charge in [-0.3, -0.25) is 0 Å². The van der Waals surface area contributed by atoms with Gasteiger partial charge in [0.15, 0.2) is 11.5 Å². The van der Waals surface area contributed by atoms with Crippen molar-refractivity contribution in [3.8, 4) is 17.2 Å². The van der Waals surface area contributed by atoms with E-state index >= 15 is 0 Å². The SMILES string of the molecule is NC1(c2c(O)c(Cl)cc3c2OCO3)CCCCC1. The second-order valence-corrected chi connectivity index (χ2v) is 5.44. The maximum atomic E-state index is 10.2. The highest BCUT2D eigenvalue weighted by molar-refractivity contribution is 6.32. The first kappa shape index (κ1) is 11.9. The van der Waals surface area contributed by atoms with Crippen molar-refractivity contribution >= 4 is 11.6 Å². The van der Waals surface area contributed by atoms with E-state index in [1.54, 1.807) is 6.07 Å². The van der Waals surface area contributed by atoms with Crippen LogP contribution in [0.3, 0.4) is 0 Å². The molecular weight excluding hydrogens is 254 g/mol. The molecule has 1 aliphatic heterocycles. The lowest BCUT2D eigenvalue weighted by Crippen LogP contribution is -2.38. The summed E-state index contributed by atoms with van der Waals surface area (Å²) in [6.07, 6.45) is 4.95. The van der Waals surface area contributed by atoms with Gasteiger partial charge in [0.05, 0.1) is 10.6 Å². The maximum absolute atomic E-state index is 10.2. The topological polar surface area (TPSA) is 64.7 Å². The molecule has 98 valence electrons. The number of fused-ring (bicyclic) bond motifs is 1. The second kappa shape index (κ2) is 4.21. The minimum Gasteiger partial charge on any atom is -0.506 e. The number of phenols is 1. The fraction of sp³-hybridized carbons (Fsp3) is 0.538. The molecule has 18 heavy (non-hydrogen) atoms. The Balaban J connectivity index is 2.15. The molecule has 1 fully saturated rings. The number of benzene rings is 1. The predicted molar refractivity (Wildman–Crippen MR) is 68.2 cm³/mol. The summed E-state index contributed by atoms with van der Waals surface area (Å²) in [5.41, 5.74) is 6.52. The number of nitrogens with two attached hydrogens (primary N) is 1. The van der Waals surface area contributed by atoms with Crippen LogP contribution in [0.4, 0.5) is 0 Å². The van der Waals surface area contributed by atoms with Crippen LogP contribution in [0.15, 0.2) is 6.07 Å². The molecule has 0 bridgehead atoms. The number of phenolic OH excluding ortho intramolecular Hbond substituents is 1. The van der Waals surface area contributed by atoms with Crippen molar-refractivity contribution in [2.24, 2.45) is 5.73 Å². The molecule has 0 radical (unpaired) electrons. The van der Waals surface area contributed by atoms with Gasteiger partial charge in [-0.15, -0.1) is 0 Å². The Morgan fingerprint density at radius 2 is 1.94 bits per heavy atom. The maximum Gasteiger partial charge on any atom is 0.231 e. The number of aromatic hydroxyl groups is 1. The summed E-state index contributed by atoms with van der Waals surface area (Å²) in [6, 6.07) is 1.58. The Labute approximate surface area is 111 Å². The molecule has 1 aromatic rings. The summed E-state index contributed by atoms with van der Waals surface area (Å²) in [5.74, 6) is 1.16. The molecule has 1 aliphatic carbocycles. The summed E-state index contributed by atoms with van der Waals surface area (Å²) in [6.45, 7) is 0.151. The zero-order chi connectivity index (χ0) is 12.8. The third kappa shape index (κ3) is 1.71. The Morgan fingerprint density at radius 1 is 1.22 bits per heavy atom. The van der Waals surface area contributed by atoms with E-state index in [0.29, 0.717) is 17.1 Å². The summed E-state index contributed by atoms with van der Waals surface area (Å²) in [4.78, 5) is 0. The molecule has 0 aromatic heterocycles. The van der Waals surface area contributed by atoms with Gasteiger partial charge in [0, 0.05) is 11.6 Å². The molecule has 1 saturated carbocycles. The summed E-state index contributed by atoms with van der Waals surface area (Å²) in [5, 5.41) is 10.5. The monoisotopic (exact) mass is 269 g/mol. The zero-order valence-corrected chi connectivity index (χ0v) is 10.8. The van der Waals surface area contributed by atoms with Gasteiger partial charge in [0.2, 0.25) is 6.79 Å². The average molecular weight is 270 g/mol. The molecule has 3 rings (SSSR count). The van der Waals surface area contributed by atoms with E-state index in [-0.39, 0.29) is 17.6 Å². The van der Waals surface area contributed by atoms with Crippen LogP contribution in [-0.4, -0.2) is 11.9 Å². The standard InChI is InChI=1S/C13H16ClNO3/c14-8-6-9-12(18-7-17-9)10(11(8)16)13(15)4-2-1-3-5-13/h6,16H,1-5,7,15H2. The van der Waals surface area contributed by atoms with Crippen molar-refractivity contribution in [2.75, 3.05) is 6.79 Å². The van der Waals surface area contributed by atoms with Crippen molar-refractivity contribution < 1.29 is 14.6 Å². The predicted octanol–water partition coefficient (Wildman–Crippen LogP) is 2.89. The highest BCUT2D eigenvalue weighted by atomic mass is 35.5. The van der Waals surface area contributed by atoms with Crippen LogP contribution < -0.4 is 15.2 Å². The van der Waals surface area contributed by atoms with Crippen molar-refractivity contribution in [3.05, 3.63) is 16.7 Å². The molecule has 2 aliphatic rings. The number of ether oxygens (including phenoxy) is 2. The zero-order valence-electron chi connectivity index (χ0n) is 10.0.